The fraction of sp³-hybridized carbons (Fsp3) is 0.600. The summed E-state index contributed by atoms with van der Waals surface area (Å²) in [6.45, 7) is 8.64. The van der Waals surface area contributed by atoms with E-state index in [1.807, 2.05) is 13.8 Å². The van der Waals surface area contributed by atoms with Gasteiger partial charge in [-0.2, -0.15) is 0 Å². The highest BCUT2D eigenvalue weighted by molar-refractivity contribution is 5.94. The predicted octanol–water partition coefficient (Wildman–Crippen LogP) is 0.274. The SMILES string of the molecule is CCC(C)C(NC(=O)C(NC(=O)C(N)CC(C)C)C(C)O)C(=O)NC(Cc1ccc(O)cc1)C(=O)O. The highest BCUT2D eigenvalue weighted by atomic mass is 16.4. The molecule has 202 valence electrons. The molecular formula is C25H40N4O7. The van der Waals surface area contributed by atoms with Gasteiger partial charge >= 0.3 is 5.97 Å². The summed E-state index contributed by atoms with van der Waals surface area (Å²) in [6.07, 6.45) is -0.445. The van der Waals surface area contributed by atoms with Crippen molar-refractivity contribution in [1.29, 1.82) is 0 Å². The van der Waals surface area contributed by atoms with Crippen LogP contribution < -0.4 is 21.7 Å². The number of aliphatic hydroxyl groups is 1. The lowest BCUT2D eigenvalue weighted by molar-refractivity contribution is -0.142. The minimum absolute atomic E-state index is 0.0270. The standard InChI is InChI=1S/C25H40N4O7/c1-6-14(4)20(23(33)27-19(25(35)36)12-16-7-9-17(31)10-8-16)28-24(34)21(15(5)30)29-22(32)18(26)11-13(2)3/h7-10,13-15,18-21,30-31H,6,11-12,26H2,1-5H3,(H,27,33)(H,28,34)(H,29,32)(H,35,36). The van der Waals surface area contributed by atoms with E-state index in [1.54, 1.807) is 26.0 Å². The molecule has 1 rings (SSSR count). The Labute approximate surface area is 211 Å². The molecule has 8 N–H and O–H groups in total. The zero-order valence-electron chi connectivity index (χ0n) is 21.5. The van der Waals surface area contributed by atoms with Gasteiger partial charge in [-0.25, -0.2) is 4.79 Å². The highest BCUT2D eigenvalue weighted by Gasteiger charge is 2.34. The van der Waals surface area contributed by atoms with Gasteiger partial charge in [-0.1, -0.05) is 46.2 Å². The summed E-state index contributed by atoms with van der Waals surface area (Å²) in [4.78, 5) is 50.3. The number of carbonyl (C=O) groups is 4. The second-order valence-electron chi connectivity index (χ2n) is 9.60. The molecule has 0 spiro atoms. The second kappa shape index (κ2) is 14.4. The monoisotopic (exact) mass is 508 g/mol. The molecule has 1 aromatic rings. The van der Waals surface area contributed by atoms with Crippen molar-refractivity contribution in [2.45, 2.75) is 84.2 Å². The molecular weight excluding hydrogens is 468 g/mol. The number of phenols is 1. The molecule has 11 nitrogen and oxygen atoms in total. The summed E-state index contributed by atoms with van der Waals surface area (Å²) in [6, 6.07) is 1.28. The summed E-state index contributed by atoms with van der Waals surface area (Å²) in [5, 5.41) is 36.6. The van der Waals surface area contributed by atoms with Crippen LogP contribution in [0.4, 0.5) is 0 Å². The van der Waals surface area contributed by atoms with E-state index >= 15 is 0 Å². The van der Waals surface area contributed by atoms with Crippen LogP contribution in [-0.4, -0.2) is 69.3 Å². The van der Waals surface area contributed by atoms with E-state index in [1.165, 1.54) is 19.1 Å². The summed E-state index contributed by atoms with van der Waals surface area (Å²) >= 11 is 0. The summed E-state index contributed by atoms with van der Waals surface area (Å²) in [5.41, 5.74) is 6.46. The van der Waals surface area contributed by atoms with Crippen LogP contribution in [0.25, 0.3) is 0 Å². The van der Waals surface area contributed by atoms with Crippen molar-refractivity contribution in [3.8, 4) is 5.75 Å². The number of carboxylic acids is 1. The van der Waals surface area contributed by atoms with Crippen molar-refractivity contribution in [3.05, 3.63) is 29.8 Å². The third-order valence-corrected chi connectivity index (χ3v) is 5.91. The fourth-order valence-corrected chi connectivity index (χ4v) is 3.55. The Bertz CT molecular complexity index is 889. The molecule has 3 amide bonds. The Morgan fingerprint density at radius 1 is 0.889 bits per heavy atom. The molecule has 0 aliphatic heterocycles. The molecule has 0 heterocycles. The van der Waals surface area contributed by atoms with Crippen LogP contribution >= 0.6 is 0 Å². The molecule has 0 aliphatic rings. The quantitative estimate of drug-likeness (QED) is 0.186. The average molecular weight is 509 g/mol. The van der Waals surface area contributed by atoms with Crippen LogP contribution in [0.15, 0.2) is 24.3 Å². The Hall–Kier alpha value is -3.18. The van der Waals surface area contributed by atoms with E-state index in [-0.39, 0.29) is 24.0 Å². The van der Waals surface area contributed by atoms with E-state index in [4.69, 9.17) is 5.73 Å². The summed E-state index contributed by atoms with van der Waals surface area (Å²) in [5.74, 6) is -3.58. The van der Waals surface area contributed by atoms with Gasteiger partial charge in [0.05, 0.1) is 12.1 Å². The molecule has 0 aliphatic carbocycles. The molecule has 11 heteroatoms. The highest BCUT2D eigenvalue weighted by Crippen LogP contribution is 2.13. The topological polar surface area (TPSA) is 191 Å². The van der Waals surface area contributed by atoms with Crippen LogP contribution in [0.5, 0.6) is 5.75 Å². The molecule has 1 aromatic carbocycles. The normalized spacial score (nSPS) is 16.2. The smallest absolute Gasteiger partial charge is 0.326 e. The first kappa shape index (κ1) is 30.9. The number of phenolic OH excluding ortho intramolecular Hbond substituents is 1. The van der Waals surface area contributed by atoms with Gasteiger partial charge in [0.25, 0.3) is 0 Å². The minimum Gasteiger partial charge on any atom is -0.508 e. The number of nitrogens with one attached hydrogen (secondary N) is 3. The Morgan fingerprint density at radius 2 is 1.42 bits per heavy atom. The van der Waals surface area contributed by atoms with Gasteiger partial charge in [0.15, 0.2) is 0 Å². The molecule has 0 fully saturated rings. The van der Waals surface area contributed by atoms with Gasteiger partial charge in [-0.3, -0.25) is 14.4 Å². The number of aromatic hydroxyl groups is 1. The second-order valence-corrected chi connectivity index (χ2v) is 9.60. The van der Waals surface area contributed by atoms with Crippen molar-refractivity contribution in [2.24, 2.45) is 17.6 Å². The molecule has 0 bridgehead atoms. The molecule has 6 atom stereocenters. The molecule has 6 unspecified atom stereocenters. The van der Waals surface area contributed by atoms with E-state index in [0.717, 1.165) is 0 Å². The number of carboxylic acid groups (broad SMARTS) is 1. The number of nitrogens with two attached hydrogens (primary N) is 1. The van der Waals surface area contributed by atoms with E-state index < -0.39 is 54.0 Å². The van der Waals surface area contributed by atoms with Gasteiger partial charge in [0.2, 0.25) is 17.7 Å². The first-order valence-electron chi connectivity index (χ1n) is 12.1. The number of aliphatic hydroxyl groups excluding tert-OH is 1. The number of carbonyl (C=O) groups excluding carboxylic acids is 3. The number of hydrogen-bond acceptors (Lipinski definition) is 7. The zero-order valence-corrected chi connectivity index (χ0v) is 21.5. The first-order chi connectivity index (χ1) is 16.8. The zero-order chi connectivity index (χ0) is 27.6. The summed E-state index contributed by atoms with van der Waals surface area (Å²) in [7, 11) is 0. The van der Waals surface area contributed by atoms with E-state index in [0.29, 0.717) is 18.4 Å². The van der Waals surface area contributed by atoms with Gasteiger partial charge < -0.3 is 37.0 Å². The molecule has 0 radical (unpaired) electrons. The average Bonchev–Trinajstić information content (AvgIpc) is 2.80. The maximum absolute atomic E-state index is 13.1. The third-order valence-electron chi connectivity index (χ3n) is 5.91. The van der Waals surface area contributed by atoms with Crippen LogP contribution in [-0.2, 0) is 25.6 Å². The Morgan fingerprint density at radius 3 is 1.89 bits per heavy atom. The molecule has 0 saturated heterocycles. The number of amides is 3. The Kier molecular flexibility index (Phi) is 12.3. The van der Waals surface area contributed by atoms with Crippen molar-refractivity contribution >= 4 is 23.7 Å². The van der Waals surface area contributed by atoms with Crippen molar-refractivity contribution in [1.82, 2.24) is 16.0 Å². The van der Waals surface area contributed by atoms with Crippen molar-refractivity contribution in [3.63, 3.8) is 0 Å². The minimum atomic E-state index is -1.36. The maximum atomic E-state index is 13.1. The largest absolute Gasteiger partial charge is 0.508 e. The van der Waals surface area contributed by atoms with Crippen molar-refractivity contribution < 1.29 is 34.5 Å². The van der Waals surface area contributed by atoms with Crippen molar-refractivity contribution in [2.75, 3.05) is 0 Å². The fourth-order valence-electron chi connectivity index (χ4n) is 3.55. The molecule has 0 saturated carbocycles. The van der Waals surface area contributed by atoms with Gasteiger partial charge in [-0.05, 0) is 42.9 Å². The van der Waals surface area contributed by atoms with Crippen LogP contribution in [0.2, 0.25) is 0 Å². The predicted molar refractivity (Wildman–Crippen MR) is 134 cm³/mol. The summed E-state index contributed by atoms with van der Waals surface area (Å²) < 4.78 is 0. The first-order valence-corrected chi connectivity index (χ1v) is 12.1. The van der Waals surface area contributed by atoms with Crippen LogP contribution in [0.3, 0.4) is 0 Å². The van der Waals surface area contributed by atoms with Gasteiger partial charge in [0.1, 0.15) is 23.9 Å². The number of aliphatic carboxylic acids is 1. The number of hydrogen-bond donors (Lipinski definition) is 7. The van der Waals surface area contributed by atoms with E-state index in [2.05, 4.69) is 16.0 Å². The third kappa shape index (κ3) is 9.82. The number of benzene rings is 1. The van der Waals surface area contributed by atoms with Crippen LogP contribution in [0, 0.1) is 11.8 Å². The lowest BCUT2D eigenvalue weighted by Gasteiger charge is -2.29. The van der Waals surface area contributed by atoms with Gasteiger partial charge in [-0.15, -0.1) is 0 Å². The molecule has 36 heavy (non-hydrogen) atoms. The lowest BCUT2D eigenvalue weighted by Crippen LogP contribution is -2.61. The maximum Gasteiger partial charge on any atom is 0.326 e. The molecule has 0 aromatic heterocycles. The van der Waals surface area contributed by atoms with Crippen LogP contribution in [0.1, 0.15) is 53.0 Å². The number of rotatable bonds is 14. The van der Waals surface area contributed by atoms with Gasteiger partial charge in [0, 0.05) is 6.42 Å². The van der Waals surface area contributed by atoms with E-state index in [9.17, 15) is 34.5 Å². The lowest BCUT2D eigenvalue weighted by atomic mass is 9.96. The Balaban J connectivity index is 3.00.